The van der Waals surface area contributed by atoms with Crippen LogP contribution in [0.2, 0.25) is 0 Å². The summed E-state index contributed by atoms with van der Waals surface area (Å²) in [5, 5.41) is 2.67. The summed E-state index contributed by atoms with van der Waals surface area (Å²) in [6.07, 6.45) is -0.963. The van der Waals surface area contributed by atoms with Crippen molar-refractivity contribution in [2.45, 2.75) is 33.4 Å². The number of Topliss-reactive ketones (excluding diaryl/α,β-unsaturated/α-hetero) is 1. The highest BCUT2D eigenvalue weighted by Gasteiger charge is 2.19. The summed E-state index contributed by atoms with van der Waals surface area (Å²) in [7, 11) is 0. The Balaban J connectivity index is 1.61. The zero-order valence-electron chi connectivity index (χ0n) is 15.9. The zero-order chi connectivity index (χ0) is 20.3. The molecule has 1 heterocycles. The molecule has 0 saturated heterocycles. The second-order valence-electron chi connectivity index (χ2n) is 6.49. The number of amides is 1. The number of hydrogen-bond donors (Lipinski definition) is 1. The molecular weight excluding hydrogens is 358 g/mol. The average molecular weight is 379 g/mol. The smallest absolute Gasteiger partial charge is 0.326 e. The number of aromatic nitrogens is 2. The van der Waals surface area contributed by atoms with E-state index in [0.717, 1.165) is 11.0 Å². The van der Waals surface area contributed by atoms with E-state index in [1.165, 1.54) is 13.8 Å². The summed E-state index contributed by atoms with van der Waals surface area (Å²) in [5.41, 5.74) is 2.71. The number of esters is 1. The summed E-state index contributed by atoms with van der Waals surface area (Å²) in [6.45, 7) is 4.77. The van der Waals surface area contributed by atoms with Crippen molar-refractivity contribution in [3.63, 3.8) is 0 Å². The number of benzene rings is 2. The predicted octanol–water partition coefficient (Wildman–Crippen LogP) is 3.12. The van der Waals surface area contributed by atoms with Gasteiger partial charge in [-0.2, -0.15) is 0 Å². The molecule has 2 aromatic carbocycles. The minimum absolute atomic E-state index is 0.0305. The van der Waals surface area contributed by atoms with Crippen LogP contribution in [0.15, 0.2) is 48.5 Å². The summed E-state index contributed by atoms with van der Waals surface area (Å²) in [4.78, 5) is 40.3. The molecular formula is C21H21N3O4. The van der Waals surface area contributed by atoms with Crippen molar-refractivity contribution >= 4 is 34.4 Å². The van der Waals surface area contributed by atoms with Gasteiger partial charge in [0.1, 0.15) is 12.4 Å². The Hall–Kier alpha value is -3.48. The van der Waals surface area contributed by atoms with E-state index in [4.69, 9.17) is 4.74 Å². The van der Waals surface area contributed by atoms with Gasteiger partial charge >= 0.3 is 5.97 Å². The lowest BCUT2D eigenvalue weighted by atomic mass is 10.1. The number of rotatable bonds is 6. The molecule has 0 saturated carbocycles. The predicted molar refractivity (Wildman–Crippen MR) is 105 cm³/mol. The number of anilines is 1. The molecule has 3 aromatic rings. The second-order valence-corrected chi connectivity index (χ2v) is 6.49. The van der Waals surface area contributed by atoms with Crippen molar-refractivity contribution < 1.29 is 19.1 Å². The van der Waals surface area contributed by atoms with Gasteiger partial charge < -0.3 is 14.6 Å². The third-order valence-electron chi connectivity index (χ3n) is 4.37. The molecule has 0 fully saturated rings. The molecule has 3 rings (SSSR count). The average Bonchev–Trinajstić information content (AvgIpc) is 2.97. The van der Waals surface area contributed by atoms with Gasteiger partial charge in [-0.15, -0.1) is 0 Å². The SMILES string of the molecule is CC(=O)c1ccc(NC(=O)[C@H](C)OC(=O)Cn2c(C)nc3ccccc32)cc1. The minimum atomic E-state index is -0.963. The van der Waals surface area contributed by atoms with Gasteiger partial charge in [0.2, 0.25) is 0 Å². The topological polar surface area (TPSA) is 90.3 Å². The van der Waals surface area contributed by atoms with E-state index in [1.54, 1.807) is 28.8 Å². The molecule has 144 valence electrons. The summed E-state index contributed by atoms with van der Waals surface area (Å²) in [5.74, 6) is -0.333. The number of ether oxygens (including phenoxy) is 1. The second kappa shape index (κ2) is 8.04. The van der Waals surface area contributed by atoms with Gasteiger partial charge in [-0.1, -0.05) is 12.1 Å². The highest BCUT2D eigenvalue weighted by atomic mass is 16.5. The number of aryl methyl sites for hydroxylation is 1. The standard InChI is InChI=1S/C21H21N3O4/c1-13(25)16-8-10-17(11-9-16)23-21(27)14(2)28-20(26)12-24-15(3)22-18-6-4-5-7-19(18)24/h4-11,14H,12H2,1-3H3,(H,23,27)/t14-/m0/s1. The maximum atomic E-state index is 12.3. The van der Waals surface area contributed by atoms with Crippen LogP contribution in [0.5, 0.6) is 0 Å². The van der Waals surface area contributed by atoms with Crippen LogP contribution in [0.25, 0.3) is 11.0 Å². The van der Waals surface area contributed by atoms with E-state index in [9.17, 15) is 14.4 Å². The molecule has 0 aliphatic heterocycles. The largest absolute Gasteiger partial charge is 0.451 e. The van der Waals surface area contributed by atoms with E-state index in [2.05, 4.69) is 10.3 Å². The van der Waals surface area contributed by atoms with Gasteiger partial charge in [0.25, 0.3) is 5.91 Å². The molecule has 0 radical (unpaired) electrons. The molecule has 0 bridgehead atoms. The van der Waals surface area contributed by atoms with E-state index in [1.807, 2.05) is 31.2 Å². The van der Waals surface area contributed by atoms with Crippen molar-refractivity contribution in [2.24, 2.45) is 0 Å². The maximum Gasteiger partial charge on any atom is 0.326 e. The first-order valence-corrected chi connectivity index (χ1v) is 8.88. The summed E-state index contributed by atoms with van der Waals surface area (Å²) >= 11 is 0. The third kappa shape index (κ3) is 4.25. The van der Waals surface area contributed by atoms with Gasteiger partial charge in [-0.05, 0) is 57.2 Å². The van der Waals surface area contributed by atoms with Crippen LogP contribution in [-0.2, 0) is 20.9 Å². The monoisotopic (exact) mass is 379 g/mol. The highest BCUT2D eigenvalue weighted by Crippen LogP contribution is 2.16. The summed E-state index contributed by atoms with van der Waals surface area (Å²) in [6, 6.07) is 14.0. The first-order chi connectivity index (χ1) is 13.3. The van der Waals surface area contributed by atoms with Crippen LogP contribution in [0.1, 0.15) is 30.0 Å². The molecule has 0 aliphatic carbocycles. The normalized spacial score (nSPS) is 11.8. The highest BCUT2D eigenvalue weighted by molar-refractivity contribution is 5.97. The Bertz CT molecular complexity index is 1040. The quantitative estimate of drug-likeness (QED) is 0.525. The zero-order valence-corrected chi connectivity index (χ0v) is 15.9. The van der Waals surface area contributed by atoms with Crippen LogP contribution in [0.4, 0.5) is 5.69 Å². The fraction of sp³-hybridized carbons (Fsp3) is 0.238. The lowest BCUT2D eigenvalue weighted by Crippen LogP contribution is -2.31. The number of carbonyl (C=O) groups excluding carboxylic acids is 3. The Morgan fingerprint density at radius 3 is 2.46 bits per heavy atom. The number of nitrogens with zero attached hydrogens (tertiary/aromatic N) is 2. The molecule has 1 amide bonds. The molecule has 7 heteroatoms. The Labute approximate surface area is 162 Å². The maximum absolute atomic E-state index is 12.3. The fourth-order valence-electron chi connectivity index (χ4n) is 2.84. The minimum Gasteiger partial charge on any atom is -0.451 e. The summed E-state index contributed by atoms with van der Waals surface area (Å²) < 4.78 is 7.02. The van der Waals surface area contributed by atoms with Crippen LogP contribution in [-0.4, -0.2) is 33.3 Å². The number of carbonyl (C=O) groups is 3. The molecule has 28 heavy (non-hydrogen) atoms. The van der Waals surface area contributed by atoms with Gasteiger partial charge in [-0.3, -0.25) is 14.4 Å². The van der Waals surface area contributed by atoms with E-state index in [0.29, 0.717) is 17.1 Å². The number of nitrogens with one attached hydrogen (secondary N) is 1. The number of para-hydroxylation sites is 2. The van der Waals surface area contributed by atoms with Gasteiger partial charge in [0, 0.05) is 11.3 Å². The molecule has 1 atom stereocenters. The van der Waals surface area contributed by atoms with Gasteiger partial charge in [0.05, 0.1) is 11.0 Å². The van der Waals surface area contributed by atoms with Gasteiger partial charge in [-0.25, -0.2) is 4.98 Å². The number of hydrogen-bond acceptors (Lipinski definition) is 5. The van der Waals surface area contributed by atoms with E-state index >= 15 is 0 Å². The lowest BCUT2D eigenvalue weighted by Gasteiger charge is -2.14. The van der Waals surface area contributed by atoms with Crippen LogP contribution in [0, 0.1) is 6.92 Å². The number of imidazole rings is 1. The van der Waals surface area contributed by atoms with Crippen molar-refractivity contribution in [1.29, 1.82) is 0 Å². The Kier molecular flexibility index (Phi) is 5.54. The molecule has 7 nitrogen and oxygen atoms in total. The Morgan fingerprint density at radius 2 is 1.79 bits per heavy atom. The van der Waals surface area contributed by atoms with E-state index < -0.39 is 18.0 Å². The van der Waals surface area contributed by atoms with Crippen LogP contribution < -0.4 is 5.32 Å². The molecule has 0 aliphatic rings. The Morgan fingerprint density at radius 1 is 1.11 bits per heavy atom. The van der Waals surface area contributed by atoms with Crippen LogP contribution in [0.3, 0.4) is 0 Å². The first-order valence-electron chi connectivity index (χ1n) is 8.88. The van der Waals surface area contributed by atoms with Crippen LogP contribution >= 0.6 is 0 Å². The fourth-order valence-corrected chi connectivity index (χ4v) is 2.84. The van der Waals surface area contributed by atoms with Crippen molar-refractivity contribution in [3.05, 3.63) is 59.9 Å². The number of ketones is 1. The first kappa shape index (κ1) is 19.3. The molecule has 0 unspecified atom stereocenters. The van der Waals surface area contributed by atoms with Crippen molar-refractivity contribution in [2.75, 3.05) is 5.32 Å². The van der Waals surface area contributed by atoms with Crippen molar-refractivity contribution in [3.8, 4) is 0 Å². The molecule has 1 aromatic heterocycles. The molecule has 1 N–H and O–H groups in total. The van der Waals surface area contributed by atoms with E-state index in [-0.39, 0.29) is 12.3 Å². The van der Waals surface area contributed by atoms with Crippen molar-refractivity contribution in [1.82, 2.24) is 9.55 Å². The third-order valence-corrected chi connectivity index (χ3v) is 4.37. The van der Waals surface area contributed by atoms with Gasteiger partial charge in [0.15, 0.2) is 11.9 Å². The lowest BCUT2D eigenvalue weighted by molar-refractivity contribution is -0.153. The number of fused-ring (bicyclic) bond motifs is 1. The molecule has 0 spiro atoms.